The van der Waals surface area contributed by atoms with Gasteiger partial charge < -0.3 is 15.4 Å². The highest BCUT2D eigenvalue weighted by Gasteiger charge is 2.12. The summed E-state index contributed by atoms with van der Waals surface area (Å²) in [7, 11) is 1.62. The fourth-order valence-electron chi connectivity index (χ4n) is 2.36. The zero-order chi connectivity index (χ0) is 19.9. The average Bonchev–Trinajstić information content (AvgIpc) is 3.15. The Morgan fingerprint density at radius 2 is 1.89 bits per heavy atom. The van der Waals surface area contributed by atoms with Crippen LogP contribution in [0.4, 0.5) is 15.2 Å². The van der Waals surface area contributed by atoms with Crippen molar-refractivity contribution in [2.45, 2.75) is 17.3 Å². The SMILES string of the molecule is COc1ccc(Nc2nnc(SCC(=O)NC(C)c3ccc(F)cc3)s2)cc1. The lowest BCUT2D eigenvalue weighted by molar-refractivity contribution is -0.119. The monoisotopic (exact) mass is 418 g/mol. The van der Waals surface area contributed by atoms with E-state index in [9.17, 15) is 9.18 Å². The van der Waals surface area contributed by atoms with Gasteiger partial charge in [-0.05, 0) is 48.9 Å². The van der Waals surface area contributed by atoms with E-state index in [0.29, 0.717) is 9.47 Å². The van der Waals surface area contributed by atoms with Crippen LogP contribution in [0.25, 0.3) is 0 Å². The highest BCUT2D eigenvalue weighted by atomic mass is 32.2. The Balaban J connectivity index is 1.48. The number of nitrogens with zero attached hydrogens (tertiary/aromatic N) is 2. The maximum atomic E-state index is 13.0. The van der Waals surface area contributed by atoms with Crippen molar-refractivity contribution in [3.05, 3.63) is 59.9 Å². The highest BCUT2D eigenvalue weighted by molar-refractivity contribution is 8.01. The zero-order valence-corrected chi connectivity index (χ0v) is 16.9. The summed E-state index contributed by atoms with van der Waals surface area (Å²) in [4.78, 5) is 12.1. The number of hydrogen-bond donors (Lipinski definition) is 2. The number of aromatic nitrogens is 2. The molecule has 0 radical (unpaired) electrons. The van der Waals surface area contributed by atoms with Crippen molar-refractivity contribution >= 4 is 39.8 Å². The van der Waals surface area contributed by atoms with Gasteiger partial charge in [0, 0.05) is 5.69 Å². The minimum Gasteiger partial charge on any atom is -0.497 e. The Kier molecular flexibility index (Phi) is 6.83. The van der Waals surface area contributed by atoms with E-state index >= 15 is 0 Å². The summed E-state index contributed by atoms with van der Waals surface area (Å²) in [6.07, 6.45) is 0. The van der Waals surface area contributed by atoms with Crippen molar-refractivity contribution in [3.8, 4) is 5.75 Å². The summed E-state index contributed by atoms with van der Waals surface area (Å²) < 4.78 is 18.8. The predicted octanol–water partition coefficient (Wildman–Crippen LogP) is 4.40. The molecule has 1 atom stereocenters. The lowest BCUT2D eigenvalue weighted by Crippen LogP contribution is -2.28. The highest BCUT2D eigenvalue weighted by Crippen LogP contribution is 2.28. The van der Waals surface area contributed by atoms with Gasteiger partial charge in [0.25, 0.3) is 0 Å². The fraction of sp³-hybridized carbons (Fsp3) is 0.211. The Bertz CT molecular complexity index is 916. The number of methoxy groups -OCH3 is 1. The van der Waals surface area contributed by atoms with Gasteiger partial charge in [-0.15, -0.1) is 10.2 Å². The van der Waals surface area contributed by atoms with Crippen LogP contribution in [-0.2, 0) is 4.79 Å². The summed E-state index contributed by atoms with van der Waals surface area (Å²) in [5, 5.41) is 14.9. The first kappa shape index (κ1) is 20.1. The second-order valence-electron chi connectivity index (χ2n) is 5.86. The molecule has 2 aromatic carbocycles. The summed E-state index contributed by atoms with van der Waals surface area (Å²) in [6, 6.07) is 13.4. The molecule has 0 spiro atoms. The van der Waals surface area contributed by atoms with E-state index in [1.807, 2.05) is 31.2 Å². The Morgan fingerprint density at radius 3 is 2.57 bits per heavy atom. The molecule has 1 amide bonds. The molecule has 0 aliphatic heterocycles. The number of carbonyl (C=O) groups is 1. The molecule has 0 saturated heterocycles. The van der Waals surface area contributed by atoms with E-state index in [-0.39, 0.29) is 23.5 Å². The number of carbonyl (C=O) groups excluding carboxylic acids is 1. The van der Waals surface area contributed by atoms with Crippen LogP contribution in [0.1, 0.15) is 18.5 Å². The molecule has 0 aliphatic rings. The van der Waals surface area contributed by atoms with Crippen LogP contribution in [0, 0.1) is 5.82 Å². The Labute approximate surface area is 170 Å². The van der Waals surface area contributed by atoms with Gasteiger partial charge in [0.2, 0.25) is 11.0 Å². The third kappa shape index (κ3) is 5.67. The molecule has 0 aliphatic carbocycles. The number of amides is 1. The van der Waals surface area contributed by atoms with Gasteiger partial charge in [0.1, 0.15) is 11.6 Å². The summed E-state index contributed by atoms with van der Waals surface area (Å²) in [5.41, 5.74) is 1.72. The molecule has 1 aromatic heterocycles. The van der Waals surface area contributed by atoms with Crippen molar-refractivity contribution in [2.75, 3.05) is 18.2 Å². The van der Waals surface area contributed by atoms with E-state index < -0.39 is 0 Å². The largest absolute Gasteiger partial charge is 0.497 e. The predicted molar refractivity (Wildman–Crippen MR) is 110 cm³/mol. The van der Waals surface area contributed by atoms with Crippen LogP contribution in [0.2, 0.25) is 0 Å². The molecule has 146 valence electrons. The number of rotatable bonds is 8. The van der Waals surface area contributed by atoms with E-state index in [2.05, 4.69) is 20.8 Å². The molecule has 3 rings (SSSR count). The van der Waals surface area contributed by atoms with Gasteiger partial charge in [-0.2, -0.15) is 0 Å². The number of thioether (sulfide) groups is 1. The van der Waals surface area contributed by atoms with Gasteiger partial charge >= 0.3 is 0 Å². The van der Waals surface area contributed by atoms with Gasteiger partial charge in [-0.1, -0.05) is 35.2 Å². The minimum atomic E-state index is -0.298. The van der Waals surface area contributed by atoms with E-state index in [1.165, 1.54) is 35.2 Å². The number of nitrogens with one attached hydrogen (secondary N) is 2. The van der Waals surface area contributed by atoms with Crippen LogP contribution in [0.5, 0.6) is 5.75 Å². The van der Waals surface area contributed by atoms with Crippen LogP contribution in [0.3, 0.4) is 0 Å². The van der Waals surface area contributed by atoms with Crippen LogP contribution in [-0.4, -0.2) is 29.0 Å². The van der Waals surface area contributed by atoms with Crippen molar-refractivity contribution in [1.29, 1.82) is 0 Å². The molecule has 2 N–H and O–H groups in total. The first-order valence-electron chi connectivity index (χ1n) is 8.45. The van der Waals surface area contributed by atoms with Crippen molar-refractivity contribution in [2.24, 2.45) is 0 Å². The maximum Gasteiger partial charge on any atom is 0.230 e. The van der Waals surface area contributed by atoms with Crippen molar-refractivity contribution in [1.82, 2.24) is 15.5 Å². The summed E-state index contributed by atoms with van der Waals surface area (Å²) in [6.45, 7) is 1.86. The van der Waals surface area contributed by atoms with Crippen LogP contribution in [0.15, 0.2) is 52.9 Å². The summed E-state index contributed by atoms with van der Waals surface area (Å²) in [5.74, 6) is 0.581. The molecule has 0 fully saturated rings. The molecule has 0 saturated carbocycles. The molecule has 28 heavy (non-hydrogen) atoms. The number of anilines is 2. The standard InChI is InChI=1S/C19H19FN4O2S2/c1-12(13-3-5-14(20)6-4-13)21-17(25)11-27-19-24-23-18(28-19)22-15-7-9-16(26-2)10-8-15/h3-10,12H,11H2,1-2H3,(H,21,25)(H,22,23). The Hall–Kier alpha value is -2.65. The summed E-state index contributed by atoms with van der Waals surface area (Å²) >= 11 is 2.69. The van der Waals surface area contributed by atoms with Crippen LogP contribution >= 0.6 is 23.1 Å². The van der Waals surface area contributed by atoms with Gasteiger partial charge in [-0.25, -0.2) is 4.39 Å². The number of halogens is 1. The lowest BCUT2D eigenvalue weighted by Gasteiger charge is -2.13. The van der Waals surface area contributed by atoms with Gasteiger partial charge in [0.05, 0.1) is 18.9 Å². The molecule has 9 heteroatoms. The van der Waals surface area contributed by atoms with Gasteiger partial charge in [0.15, 0.2) is 4.34 Å². The van der Waals surface area contributed by atoms with Crippen LogP contribution < -0.4 is 15.4 Å². The number of benzene rings is 2. The second kappa shape index (κ2) is 9.52. The van der Waals surface area contributed by atoms with E-state index in [0.717, 1.165) is 17.0 Å². The molecular weight excluding hydrogens is 399 g/mol. The first-order valence-corrected chi connectivity index (χ1v) is 10.3. The molecule has 1 unspecified atom stereocenters. The quantitative estimate of drug-likeness (QED) is 0.528. The van der Waals surface area contributed by atoms with Crippen molar-refractivity contribution in [3.63, 3.8) is 0 Å². The van der Waals surface area contributed by atoms with Crippen molar-refractivity contribution < 1.29 is 13.9 Å². The maximum absolute atomic E-state index is 13.0. The molecule has 3 aromatic rings. The average molecular weight is 419 g/mol. The second-order valence-corrected chi connectivity index (χ2v) is 8.06. The van der Waals surface area contributed by atoms with Gasteiger partial charge in [-0.3, -0.25) is 4.79 Å². The Morgan fingerprint density at radius 1 is 1.18 bits per heavy atom. The topological polar surface area (TPSA) is 76.1 Å². The molecule has 0 bridgehead atoms. The zero-order valence-electron chi connectivity index (χ0n) is 15.3. The fourth-order valence-corrected chi connectivity index (χ4v) is 3.94. The third-order valence-corrected chi connectivity index (χ3v) is 5.79. The van der Waals surface area contributed by atoms with E-state index in [1.54, 1.807) is 19.2 Å². The molecule has 1 heterocycles. The van der Waals surface area contributed by atoms with E-state index in [4.69, 9.17) is 4.74 Å². The lowest BCUT2D eigenvalue weighted by atomic mass is 10.1. The molecule has 6 nitrogen and oxygen atoms in total. The third-order valence-electron chi connectivity index (χ3n) is 3.82. The normalized spacial score (nSPS) is 11.7. The minimum absolute atomic E-state index is 0.123. The molecular formula is C19H19FN4O2S2. The smallest absolute Gasteiger partial charge is 0.230 e. The first-order chi connectivity index (χ1) is 13.5. The number of ether oxygens (including phenoxy) is 1. The number of hydrogen-bond acceptors (Lipinski definition) is 7.